The third kappa shape index (κ3) is 1.43. The summed E-state index contributed by atoms with van der Waals surface area (Å²) in [6, 6.07) is 4.25. The van der Waals surface area contributed by atoms with E-state index in [1.165, 1.54) is 17.0 Å². The Kier molecular flexibility index (Phi) is 2.21. The van der Waals surface area contributed by atoms with Gasteiger partial charge in [0, 0.05) is 25.7 Å². The van der Waals surface area contributed by atoms with Crippen molar-refractivity contribution in [2.24, 2.45) is 0 Å². The molecule has 0 fully saturated rings. The van der Waals surface area contributed by atoms with Crippen LogP contribution in [0.25, 0.3) is 5.65 Å². The van der Waals surface area contributed by atoms with Gasteiger partial charge in [0.2, 0.25) is 0 Å². The van der Waals surface area contributed by atoms with Gasteiger partial charge in [0.15, 0.2) is 0 Å². The molecule has 0 saturated heterocycles. The lowest BCUT2D eigenvalue weighted by molar-refractivity contribution is 0.262. The molecule has 0 radical (unpaired) electrons. The first kappa shape index (κ1) is 9.85. The molecule has 2 aromatic heterocycles. The van der Waals surface area contributed by atoms with Crippen molar-refractivity contribution in [3.63, 3.8) is 0 Å². The monoisotopic (exact) mass is 215 g/mol. The van der Waals surface area contributed by atoms with Gasteiger partial charge in [-0.3, -0.25) is 4.90 Å². The number of imidazole rings is 1. The van der Waals surface area contributed by atoms with E-state index in [0.717, 1.165) is 31.7 Å². The zero-order chi connectivity index (χ0) is 11.1. The Labute approximate surface area is 95.7 Å². The van der Waals surface area contributed by atoms with Crippen LogP contribution in [0.4, 0.5) is 0 Å². The summed E-state index contributed by atoms with van der Waals surface area (Å²) < 4.78 is 2.26. The number of hydrogen-bond acceptors (Lipinski definition) is 2. The number of fused-ring (bicyclic) bond motifs is 3. The number of hydrogen-bond donors (Lipinski definition) is 0. The van der Waals surface area contributed by atoms with E-state index in [1.807, 2.05) is 0 Å². The average molecular weight is 215 g/mol. The summed E-state index contributed by atoms with van der Waals surface area (Å²) in [5, 5.41) is 0. The van der Waals surface area contributed by atoms with E-state index >= 15 is 0 Å². The van der Waals surface area contributed by atoms with Gasteiger partial charge in [-0.05, 0) is 25.1 Å². The first-order chi connectivity index (χ1) is 7.78. The normalized spacial score (nSPS) is 16.6. The predicted molar refractivity (Wildman–Crippen MR) is 64.6 cm³/mol. The van der Waals surface area contributed by atoms with Crippen LogP contribution in [-0.4, -0.2) is 27.4 Å². The first-order valence-corrected chi connectivity index (χ1v) is 5.96. The van der Waals surface area contributed by atoms with Gasteiger partial charge >= 0.3 is 0 Å². The summed E-state index contributed by atoms with van der Waals surface area (Å²) in [5.74, 6) is 0. The summed E-state index contributed by atoms with van der Waals surface area (Å²) in [5.41, 5.74) is 5.05. The molecule has 3 nitrogen and oxygen atoms in total. The molecule has 16 heavy (non-hydrogen) atoms. The van der Waals surface area contributed by atoms with Crippen LogP contribution in [0.3, 0.4) is 0 Å². The van der Waals surface area contributed by atoms with E-state index in [-0.39, 0.29) is 0 Å². The molecule has 0 unspecified atom stereocenters. The summed E-state index contributed by atoms with van der Waals surface area (Å²) >= 11 is 0. The van der Waals surface area contributed by atoms with Gasteiger partial charge in [-0.25, -0.2) is 4.98 Å². The van der Waals surface area contributed by atoms with E-state index in [9.17, 15) is 0 Å². The maximum Gasteiger partial charge on any atom is 0.137 e. The van der Waals surface area contributed by atoms with Crippen LogP contribution in [0, 0.1) is 6.92 Å². The fourth-order valence-corrected chi connectivity index (χ4v) is 2.44. The van der Waals surface area contributed by atoms with Crippen LogP contribution in [0.1, 0.15) is 23.9 Å². The Balaban J connectivity index is 2.15. The minimum absolute atomic E-state index is 1.04. The van der Waals surface area contributed by atoms with Crippen molar-refractivity contribution in [1.29, 1.82) is 0 Å². The quantitative estimate of drug-likeness (QED) is 0.725. The standard InChI is InChI=1S/C13H17N3/c1-3-15-7-6-11-12(9-15)16-8-10(2)4-5-13(16)14-11/h4-5,8H,3,6-7,9H2,1-2H3. The Hall–Kier alpha value is -1.35. The van der Waals surface area contributed by atoms with Crippen LogP contribution >= 0.6 is 0 Å². The molecule has 3 heterocycles. The van der Waals surface area contributed by atoms with E-state index in [1.54, 1.807) is 0 Å². The van der Waals surface area contributed by atoms with Gasteiger partial charge in [-0.1, -0.05) is 13.0 Å². The van der Waals surface area contributed by atoms with Crippen molar-refractivity contribution < 1.29 is 0 Å². The summed E-state index contributed by atoms with van der Waals surface area (Å²) in [6.45, 7) is 7.66. The number of aromatic nitrogens is 2. The number of rotatable bonds is 1. The predicted octanol–water partition coefficient (Wildman–Crippen LogP) is 2.02. The van der Waals surface area contributed by atoms with Gasteiger partial charge in [-0.15, -0.1) is 0 Å². The van der Waals surface area contributed by atoms with Crippen molar-refractivity contribution in [2.75, 3.05) is 13.1 Å². The van der Waals surface area contributed by atoms with Gasteiger partial charge in [0.05, 0.1) is 11.4 Å². The molecule has 2 aromatic rings. The molecule has 3 rings (SSSR count). The lowest BCUT2D eigenvalue weighted by Crippen LogP contribution is -2.30. The second-order valence-electron chi connectivity index (χ2n) is 4.56. The van der Waals surface area contributed by atoms with Gasteiger partial charge in [0.25, 0.3) is 0 Å². The molecule has 0 aliphatic carbocycles. The molecule has 0 spiro atoms. The maximum atomic E-state index is 4.70. The lowest BCUT2D eigenvalue weighted by atomic mass is 10.1. The van der Waals surface area contributed by atoms with E-state index in [2.05, 4.69) is 41.5 Å². The SMILES string of the molecule is CCN1CCc2nc3ccc(C)cn3c2C1. The van der Waals surface area contributed by atoms with E-state index in [0.29, 0.717) is 0 Å². The van der Waals surface area contributed by atoms with Crippen LogP contribution < -0.4 is 0 Å². The van der Waals surface area contributed by atoms with Gasteiger partial charge in [-0.2, -0.15) is 0 Å². The summed E-state index contributed by atoms with van der Waals surface area (Å²) in [4.78, 5) is 7.17. The Morgan fingerprint density at radius 3 is 3.06 bits per heavy atom. The zero-order valence-electron chi connectivity index (χ0n) is 9.90. The molecular formula is C13H17N3. The van der Waals surface area contributed by atoms with Crippen molar-refractivity contribution in [3.05, 3.63) is 35.3 Å². The zero-order valence-corrected chi connectivity index (χ0v) is 9.90. The van der Waals surface area contributed by atoms with Crippen molar-refractivity contribution in [2.45, 2.75) is 26.8 Å². The molecule has 0 aromatic carbocycles. The number of likely N-dealkylation sites (N-methyl/N-ethyl adjacent to an activating group) is 1. The van der Waals surface area contributed by atoms with Crippen LogP contribution in [-0.2, 0) is 13.0 Å². The minimum Gasteiger partial charge on any atom is -0.302 e. The van der Waals surface area contributed by atoms with Crippen LogP contribution in [0.2, 0.25) is 0 Å². The number of aryl methyl sites for hydroxylation is 1. The maximum absolute atomic E-state index is 4.70. The highest BCUT2D eigenvalue weighted by atomic mass is 15.2. The second-order valence-corrected chi connectivity index (χ2v) is 4.56. The highest BCUT2D eigenvalue weighted by Crippen LogP contribution is 2.20. The summed E-state index contributed by atoms with van der Waals surface area (Å²) in [7, 11) is 0. The summed E-state index contributed by atoms with van der Waals surface area (Å²) in [6.07, 6.45) is 3.28. The van der Waals surface area contributed by atoms with Gasteiger partial charge < -0.3 is 4.40 Å². The Morgan fingerprint density at radius 2 is 2.25 bits per heavy atom. The fraction of sp³-hybridized carbons (Fsp3) is 0.462. The molecule has 0 saturated carbocycles. The smallest absolute Gasteiger partial charge is 0.137 e. The second kappa shape index (κ2) is 3.59. The lowest BCUT2D eigenvalue weighted by Gasteiger charge is -2.24. The molecule has 84 valence electrons. The van der Waals surface area contributed by atoms with Gasteiger partial charge in [0.1, 0.15) is 5.65 Å². The number of pyridine rings is 1. The molecule has 0 N–H and O–H groups in total. The topological polar surface area (TPSA) is 20.5 Å². The molecule has 0 bridgehead atoms. The minimum atomic E-state index is 1.04. The Morgan fingerprint density at radius 1 is 1.38 bits per heavy atom. The molecular weight excluding hydrogens is 198 g/mol. The van der Waals surface area contributed by atoms with Crippen LogP contribution in [0.5, 0.6) is 0 Å². The first-order valence-electron chi connectivity index (χ1n) is 5.96. The average Bonchev–Trinajstić information content (AvgIpc) is 2.66. The van der Waals surface area contributed by atoms with Crippen molar-refractivity contribution in [3.8, 4) is 0 Å². The van der Waals surface area contributed by atoms with Crippen LogP contribution in [0.15, 0.2) is 18.3 Å². The van der Waals surface area contributed by atoms with E-state index < -0.39 is 0 Å². The largest absolute Gasteiger partial charge is 0.302 e. The molecule has 3 heteroatoms. The highest BCUT2D eigenvalue weighted by Gasteiger charge is 2.19. The third-order valence-electron chi connectivity index (χ3n) is 3.43. The van der Waals surface area contributed by atoms with E-state index in [4.69, 9.17) is 4.98 Å². The Bertz CT molecular complexity index is 527. The van der Waals surface area contributed by atoms with Crippen molar-refractivity contribution >= 4 is 5.65 Å². The molecule has 1 aliphatic heterocycles. The fourth-order valence-electron chi connectivity index (χ4n) is 2.44. The molecule has 0 atom stereocenters. The molecule has 1 aliphatic rings. The molecule has 0 amide bonds. The third-order valence-corrected chi connectivity index (χ3v) is 3.43. The highest BCUT2D eigenvalue weighted by molar-refractivity contribution is 5.45. The number of nitrogens with zero attached hydrogens (tertiary/aromatic N) is 3. The van der Waals surface area contributed by atoms with Crippen molar-refractivity contribution in [1.82, 2.24) is 14.3 Å².